The van der Waals surface area contributed by atoms with Crippen LogP contribution in [0.2, 0.25) is 0 Å². The summed E-state index contributed by atoms with van der Waals surface area (Å²) in [6.07, 6.45) is -0.504. The molecule has 3 aromatic rings. The Balaban J connectivity index is 1.44. The molecule has 5 heteroatoms. The van der Waals surface area contributed by atoms with Gasteiger partial charge in [0.25, 0.3) is 0 Å². The van der Waals surface area contributed by atoms with Crippen molar-refractivity contribution in [2.45, 2.75) is 32.3 Å². The summed E-state index contributed by atoms with van der Waals surface area (Å²) < 4.78 is 17.5. The SMILES string of the molecule is CCOC(Cc1ccc(OCC(C)C2c3ccccc3Oc3ccccc32)cc1)C(=O)O. The van der Waals surface area contributed by atoms with Crippen LogP contribution in [0.5, 0.6) is 17.2 Å². The number of carbonyl (C=O) groups is 1. The third-order valence-corrected chi connectivity index (χ3v) is 5.80. The number of hydrogen-bond acceptors (Lipinski definition) is 4. The maximum absolute atomic E-state index is 11.3. The molecule has 32 heavy (non-hydrogen) atoms. The van der Waals surface area contributed by atoms with E-state index < -0.39 is 12.1 Å². The largest absolute Gasteiger partial charge is 0.493 e. The maximum Gasteiger partial charge on any atom is 0.333 e. The zero-order valence-corrected chi connectivity index (χ0v) is 18.4. The van der Waals surface area contributed by atoms with E-state index in [0.717, 1.165) is 22.8 Å². The Kier molecular flexibility index (Phi) is 6.76. The molecular formula is C27H28O5. The van der Waals surface area contributed by atoms with Gasteiger partial charge in [-0.1, -0.05) is 55.5 Å². The van der Waals surface area contributed by atoms with E-state index in [-0.39, 0.29) is 11.8 Å². The lowest BCUT2D eigenvalue weighted by atomic mass is 9.80. The van der Waals surface area contributed by atoms with Gasteiger partial charge in [0, 0.05) is 36.0 Å². The van der Waals surface area contributed by atoms with Crippen LogP contribution in [0, 0.1) is 5.92 Å². The highest BCUT2D eigenvalue weighted by atomic mass is 16.5. The van der Waals surface area contributed by atoms with Crippen LogP contribution in [0.3, 0.4) is 0 Å². The van der Waals surface area contributed by atoms with Gasteiger partial charge in [0.05, 0.1) is 6.61 Å². The molecule has 0 amide bonds. The number of benzene rings is 3. The first kappa shape index (κ1) is 21.9. The van der Waals surface area contributed by atoms with Gasteiger partial charge in [-0.2, -0.15) is 0 Å². The molecule has 0 radical (unpaired) electrons. The van der Waals surface area contributed by atoms with Gasteiger partial charge in [-0.25, -0.2) is 4.79 Å². The van der Waals surface area contributed by atoms with Crippen molar-refractivity contribution in [1.82, 2.24) is 0 Å². The highest BCUT2D eigenvalue weighted by molar-refractivity contribution is 5.72. The maximum atomic E-state index is 11.3. The summed E-state index contributed by atoms with van der Waals surface area (Å²) in [5.74, 6) is 2.01. The highest BCUT2D eigenvalue weighted by Gasteiger charge is 2.31. The van der Waals surface area contributed by atoms with Crippen LogP contribution < -0.4 is 9.47 Å². The first-order valence-corrected chi connectivity index (χ1v) is 11.0. The van der Waals surface area contributed by atoms with Gasteiger partial charge in [-0.05, 0) is 36.8 Å². The van der Waals surface area contributed by atoms with E-state index in [1.54, 1.807) is 6.92 Å². The monoisotopic (exact) mass is 432 g/mol. The summed E-state index contributed by atoms with van der Waals surface area (Å²) >= 11 is 0. The smallest absolute Gasteiger partial charge is 0.333 e. The Labute approximate surface area is 188 Å². The molecule has 1 heterocycles. The molecule has 1 N–H and O–H groups in total. The van der Waals surface area contributed by atoms with Gasteiger partial charge < -0.3 is 19.3 Å². The number of carboxylic acids is 1. The molecule has 2 unspecified atom stereocenters. The van der Waals surface area contributed by atoms with Crippen molar-refractivity contribution in [2.24, 2.45) is 5.92 Å². The van der Waals surface area contributed by atoms with E-state index in [9.17, 15) is 9.90 Å². The third-order valence-electron chi connectivity index (χ3n) is 5.80. The van der Waals surface area contributed by atoms with Crippen molar-refractivity contribution >= 4 is 5.97 Å². The summed E-state index contributed by atoms with van der Waals surface area (Å²) in [6.45, 7) is 4.90. The van der Waals surface area contributed by atoms with Crippen molar-refractivity contribution in [3.63, 3.8) is 0 Å². The molecule has 0 saturated carbocycles. The highest BCUT2D eigenvalue weighted by Crippen LogP contribution is 2.47. The quantitative estimate of drug-likeness (QED) is 0.472. The average molecular weight is 433 g/mol. The predicted molar refractivity (Wildman–Crippen MR) is 123 cm³/mol. The Morgan fingerprint density at radius 1 is 0.969 bits per heavy atom. The van der Waals surface area contributed by atoms with Crippen LogP contribution in [0.15, 0.2) is 72.8 Å². The molecule has 2 atom stereocenters. The molecule has 0 aliphatic carbocycles. The van der Waals surface area contributed by atoms with Crippen LogP contribution in [-0.2, 0) is 16.0 Å². The minimum Gasteiger partial charge on any atom is -0.493 e. The van der Waals surface area contributed by atoms with E-state index in [1.165, 1.54) is 11.1 Å². The van der Waals surface area contributed by atoms with E-state index >= 15 is 0 Å². The summed E-state index contributed by atoms with van der Waals surface area (Å²) in [6, 6.07) is 23.9. The van der Waals surface area contributed by atoms with Gasteiger partial charge in [-0.15, -0.1) is 0 Å². The van der Waals surface area contributed by atoms with Gasteiger partial charge in [0.2, 0.25) is 0 Å². The summed E-state index contributed by atoms with van der Waals surface area (Å²) in [7, 11) is 0. The number of fused-ring (bicyclic) bond motifs is 2. The molecule has 0 bridgehead atoms. The number of para-hydroxylation sites is 2. The van der Waals surface area contributed by atoms with Gasteiger partial charge in [0.1, 0.15) is 17.2 Å². The fourth-order valence-corrected chi connectivity index (χ4v) is 4.24. The molecule has 0 aromatic heterocycles. The van der Waals surface area contributed by atoms with Gasteiger partial charge in [0.15, 0.2) is 6.10 Å². The first-order valence-electron chi connectivity index (χ1n) is 11.0. The number of carboxylic acid groups (broad SMARTS) is 1. The normalized spacial score (nSPS) is 14.6. The summed E-state index contributed by atoms with van der Waals surface area (Å²) in [4.78, 5) is 11.3. The molecule has 1 aliphatic rings. The number of aliphatic carboxylic acids is 1. The average Bonchev–Trinajstić information content (AvgIpc) is 2.81. The summed E-state index contributed by atoms with van der Waals surface area (Å²) in [5.41, 5.74) is 3.25. The molecule has 0 saturated heterocycles. The molecule has 3 aromatic carbocycles. The fraction of sp³-hybridized carbons (Fsp3) is 0.296. The number of ether oxygens (including phenoxy) is 3. The fourth-order valence-electron chi connectivity index (χ4n) is 4.24. The van der Waals surface area contributed by atoms with Crippen LogP contribution in [0.4, 0.5) is 0 Å². The standard InChI is InChI=1S/C27H28O5/c1-3-30-25(27(28)29)16-19-12-14-20(15-13-19)31-17-18(2)26-21-8-4-6-10-23(21)32-24-11-7-5-9-22(24)26/h4-15,18,25-26H,3,16-17H2,1-2H3,(H,28,29). The van der Waals surface area contributed by atoms with Crippen molar-refractivity contribution in [2.75, 3.05) is 13.2 Å². The second-order valence-corrected chi connectivity index (χ2v) is 8.07. The second-order valence-electron chi connectivity index (χ2n) is 8.07. The van der Waals surface area contributed by atoms with Crippen molar-refractivity contribution in [1.29, 1.82) is 0 Å². The number of rotatable bonds is 9. The molecule has 1 aliphatic heterocycles. The van der Waals surface area contributed by atoms with E-state index in [2.05, 4.69) is 19.1 Å². The second kappa shape index (κ2) is 9.88. The summed E-state index contributed by atoms with van der Waals surface area (Å²) in [5, 5.41) is 9.27. The van der Waals surface area contributed by atoms with Gasteiger partial charge >= 0.3 is 5.97 Å². The third kappa shape index (κ3) is 4.78. The lowest BCUT2D eigenvalue weighted by Crippen LogP contribution is -2.26. The zero-order valence-electron chi connectivity index (χ0n) is 18.4. The molecule has 0 fully saturated rings. The topological polar surface area (TPSA) is 65.0 Å². The zero-order chi connectivity index (χ0) is 22.5. The van der Waals surface area contributed by atoms with Crippen LogP contribution in [0.25, 0.3) is 0 Å². The molecule has 0 spiro atoms. The van der Waals surface area contributed by atoms with Crippen LogP contribution in [0.1, 0.15) is 36.5 Å². The Morgan fingerprint density at radius 2 is 1.56 bits per heavy atom. The first-order chi connectivity index (χ1) is 15.6. The molecule has 166 valence electrons. The van der Waals surface area contributed by atoms with Crippen molar-refractivity contribution in [3.05, 3.63) is 89.5 Å². The number of hydrogen-bond donors (Lipinski definition) is 1. The van der Waals surface area contributed by atoms with E-state index in [0.29, 0.717) is 19.6 Å². The van der Waals surface area contributed by atoms with Crippen molar-refractivity contribution in [3.8, 4) is 17.2 Å². The predicted octanol–water partition coefficient (Wildman–Crippen LogP) is 5.67. The Bertz CT molecular complexity index is 1010. The molecule has 5 nitrogen and oxygen atoms in total. The van der Waals surface area contributed by atoms with E-state index in [4.69, 9.17) is 14.2 Å². The molecule has 4 rings (SSSR count). The Hall–Kier alpha value is -3.31. The lowest BCUT2D eigenvalue weighted by Gasteiger charge is -2.32. The van der Waals surface area contributed by atoms with Crippen LogP contribution in [-0.4, -0.2) is 30.4 Å². The minimum absolute atomic E-state index is 0.179. The lowest BCUT2D eigenvalue weighted by molar-refractivity contribution is -0.149. The Morgan fingerprint density at radius 3 is 2.12 bits per heavy atom. The van der Waals surface area contributed by atoms with Gasteiger partial charge in [-0.3, -0.25) is 0 Å². The van der Waals surface area contributed by atoms with Crippen LogP contribution >= 0.6 is 0 Å². The van der Waals surface area contributed by atoms with Crippen molar-refractivity contribution < 1.29 is 24.1 Å². The molecular weight excluding hydrogens is 404 g/mol. The van der Waals surface area contributed by atoms with E-state index in [1.807, 2.05) is 60.7 Å². The minimum atomic E-state index is -0.946.